The third kappa shape index (κ3) is 3.22. The van der Waals surface area contributed by atoms with Crippen LogP contribution >= 0.6 is 22.7 Å². The number of aryl methyl sites for hydroxylation is 4. The molecular formula is C22H20N2S2. The third-order valence-corrected chi connectivity index (χ3v) is 6.42. The highest BCUT2D eigenvalue weighted by atomic mass is 32.1. The van der Waals surface area contributed by atoms with Crippen LogP contribution < -0.4 is 0 Å². The zero-order valence-electron chi connectivity index (χ0n) is 15.3. The first-order chi connectivity index (χ1) is 12.5. The maximum absolute atomic E-state index is 4.89. The molecule has 0 N–H and O–H groups in total. The summed E-state index contributed by atoms with van der Waals surface area (Å²) in [5.74, 6) is 0. The molecule has 0 spiro atoms. The largest absolute Gasteiger partial charge is 0.233 e. The van der Waals surface area contributed by atoms with Gasteiger partial charge in [0.1, 0.15) is 0 Å². The Morgan fingerprint density at radius 2 is 1.50 bits per heavy atom. The lowest BCUT2D eigenvalue weighted by molar-refractivity contribution is 1.31. The Morgan fingerprint density at radius 1 is 0.769 bits per heavy atom. The number of rotatable bonds is 3. The Kier molecular flexibility index (Phi) is 4.47. The second-order valence-corrected chi connectivity index (χ2v) is 8.71. The molecule has 2 aromatic carbocycles. The Balaban J connectivity index is 1.70. The first-order valence-electron chi connectivity index (χ1n) is 8.59. The highest BCUT2D eigenvalue weighted by Gasteiger charge is 2.15. The van der Waals surface area contributed by atoms with Gasteiger partial charge in [-0.15, -0.1) is 22.7 Å². The Morgan fingerprint density at radius 3 is 2.23 bits per heavy atom. The summed E-state index contributed by atoms with van der Waals surface area (Å²) in [6.07, 6.45) is 0. The molecule has 0 unspecified atom stereocenters. The predicted octanol–water partition coefficient (Wildman–Crippen LogP) is 6.83. The lowest BCUT2D eigenvalue weighted by atomic mass is 10.0. The van der Waals surface area contributed by atoms with E-state index in [1.165, 1.54) is 32.7 Å². The van der Waals surface area contributed by atoms with Gasteiger partial charge in [-0.3, -0.25) is 0 Å². The van der Waals surface area contributed by atoms with Crippen molar-refractivity contribution in [2.75, 3.05) is 0 Å². The third-order valence-electron chi connectivity index (χ3n) is 4.47. The zero-order chi connectivity index (χ0) is 18.3. The summed E-state index contributed by atoms with van der Waals surface area (Å²) < 4.78 is 0. The summed E-state index contributed by atoms with van der Waals surface area (Å²) >= 11 is 3.39. The van der Waals surface area contributed by atoms with Gasteiger partial charge in [0.15, 0.2) is 10.0 Å². The van der Waals surface area contributed by atoms with Gasteiger partial charge < -0.3 is 0 Å². The number of nitrogens with zero attached hydrogens (tertiary/aromatic N) is 2. The second-order valence-electron chi connectivity index (χ2n) is 6.65. The molecule has 2 heterocycles. The Hall–Kier alpha value is -2.30. The lowest BCUT2D eigenvalue weighted by Gasteiger charge is -2.03. The summed E-state index contributed by atoms with van der Waals surface area (Å²) in [4.78, 5) is 11.0. The fraction of sp³-hybridized carbons (Fsp3) is 0.182. The summed E-state index contributed by atoms with van der Waals surface area (Å²) in [5.41, 5.74) is 8.27. The van der Waals surface area contributed by atoms with Gasteiger partial charge in [0.25, 0.3) is 0 Å². The molecule has 26 heavy (non-hydrogen) atoms. The van der Waals surface area contributed by atoms with Gasteiger partial charge in [-0.2, -0.15) is 0 Å². The Bertz CT molecular complexity index is 1070. The molecule has 0 atom stereocenters. The molecule has 0 saturated heterocycles. The average Bonchev–Trinajstić information content (AvgIpc) is 3.23. The van der Waals surface area contributed by atoms with E-state index in [0.717, 1.165) is 21.4 Å². The fourth-order valence-electron chi connectivity index (χ4n) is 3.06. The van der Waals surface area contributed by atoms with Crippen LogP contribution in [0.4, 0.5) is 0 Å². The summed E-state index contributed by atoms with van der Waals surface area (Å²) in [5, 5.41) is 4.13. The van der Waals surface area contributed by atoms with E-state index in [1.807, 2.05) is 0 Å². The number of hydrogen-bond donors (Lipinski definition) is 0. The van der Waals surface area contributed by atoms with E-state index >= 15 is 0 Å². The number of benzene rings is 2. The van der Waals surface area contributed by atoms with E-state index in [4.69, 9.17) is 9.97 Å². The minimum Gasteiger partial charge on any atom is -0.233 e. The Labute approximate surface area is 162 Å². The standard InChI is InChI=1S/C22H20N2S2/c1-13-5-8-17(9-6-13)20-16(4)26-22(24-20)21-23-19(12-25-21)18-10-7-14(2)11-15(18)3/h5-12H,1-4H3. The predicted molar refractivity (Wildman–Crippen MR) is 113 cm³/mol. The van der Waals surface area contributed by atoms with Crippen LogP contribution in [0.5, 0.6) is 0 Å². The van der Waals surface area contributed by atoms with Crippen molar-refractivity contribution in [2.45, 2.75) is 27.7 Å². The van der Waals surface area contributed by atoms with Crippen LogP contribution in [0.2, 0.25) is 0 Å². The van der Waals surface area contributed by atoms with Gasteiger partial charge in [0.05, 0.1) is 11.4 Å². The maximum Gasteiger partial charge on any atom is 0.153 e. The van der Waals surface area contributed by atoms with Gasteiger partial charge >= 0.3 is 0 Å². The van der Waals surface area contributed by atoms with Crippen LogP contribution in [0, 0.1) is 27.7 Å². The molecule has 2 aromatic heterocycles. The normalized spacial score (nSPS) is 11.1. The van der Waals surface area contributed by atoms with Crippen molar-refractivity contribution in [3.8, 4) is 32.5 Å². The van der Waals surface area contributed by atoms with Crippen LogP contribution in [0.15, 0.2) is 47.8 Å². The van der Waals surface area contributed by atoms with Crippen molar-refractivity contribution < 1.29 is 0 Å². The molecule has 0 bridgehead atoms. The van der Waals surface area contributed by atoms with Crippen LogP contribution in [-0.2, 0) is 0 Å². The van der Waals surface area contributed by atoms with Crippen molar-refractivity contribution in [3.63, 3.8) is 0 Å². The van der Waals surface area contributed by atoms with Gasteiger partial charge in [0, 0.05) is 21.4 Å². The van der Waals surface area contributed by atoms with Crippen molar-refractivity contribution >= 4 is 22.7 Å². The van der Waals surface area contributed by atoms with Crippen molar-refractivity contribution in [1.82, 2.24) is 9.97 Å². The summed E-state index contributed by atoms with van der Waals surface area (Å²) in [6, 6.07) is 15.1. The first-order valence-corrected chi connectivity index (χ1v) is 10.3. The molecule has 0 aliphatic carbocycles. The van der Waals surface area contributed by atoms with E-state index in [1.54, 1.807) is 22.7 Å². The topological polar surface area (TPSA) is 25.8 Å². The minimum atomic E-state index is 0.992. The van der Waals surface area contributed by atoms with Crippen LogP contribution in [-0.4, -0.2) is 9.97 Å². The molecule has 0 amide bonds. The van der Waals surface area contributed by atoms with E-state index < -0.39 is 0 Å². The van der Waals surface area contributed by atoms with E-state index in [9.17, 15) is 0 Å². The monoisotopic (exact) mass is 376 g/mol. The number of thiazole rings is 2. The van der Waals surface area contributed by atoms with Crippen molar-refractivity contribution in [2.24, 2.45) is 0 Å². The molecule has 4 heteroatoms. The van der Waals surface area contributed by atoms with E-state index in [0.29, 0.717) is 0 Å². The van der Waals surface area contributed by atoms with Gasteiger partial charge in [-0.1, -0.05) is 53.6 Å². The van der Waals surface area contributed by atoms with Crippen molar-refractivity contribution in [1.29, 1.82) is 0 Å². The molecule has 0 fully saturated rings. The average molecular weight is 377 g/mol. The summed E-state index contributed by atoms with van der Waals surface area (Å²) in [6.45, 7) is 8.50. The lowest BCUT2D eigenvalue weighted by Crippen LogP contribution is -1.85. The SMILES string of the molecule is Cc1ccc(-c2nc(-c3nc(-c4ccc(C)cc4C)cs3)sc2C)cc1. The highest BCUT2D eigenvalue weighted by molar-refractivity contribution is 7.21. The quantitative estimate of drug-likeness (QED) is 0.391. The summed E-state index contributed by atoms with van der Waals surface area (Å²) in [7, 11) is 0. The van der Waals surface area contributed by atoms with Gasteiger partial charge in [0.2, 0.25) is 0 Å². The molecule has 0 saturated carbocycles. The molecule has 0 aliphatic heterocycles. The zero-order valence-corrected chi connectivity index (χ0v) is 17.0. The fourth-order valence-corrected chi connectivity index (χ4v) is 4.85. The van der Waals surface area contributed by atoms with Gasteiger partial charge in [-0.05, 0) is 33.3 Å². The first kappa shape index (κ1) is 17.1. The maximum atomic E-state index is 4.89. The minimum absolute atomic E-state index is 0.992. The van der Waals surface area contributed by atoms with E-state index in [2.05, 4.69) is 75.5 Å². The molecule has 4 aromatic rings. The molecule has 0 aliphatic rings. The second kappa shape index (κ2) is 6.78. The van der Waals surface area contributed by atoms with Gasteiger partial charge in [-0.25, -0.2) is 9.97 Å². The van der Waals surface area contributed by atoms with Crippen LogP contribution in [0.1, 0.15) is 21.6 Å². The number of aromatic nitrogens is 2. The molecule has 4 rings (SSSR count). The molecule has 2 nitrogen and oxygen atoms in total. The van der Waals surface area contributed by atoms with Crippen molar-refractivity contribution in [3.05, 3.63) is 69.4 Å². The molecular weight excluding hydrogens is 356 g/mol. The van der Waals surface area contributed by atoms with Crippen LogP contribution in [0.25, 0.3) is 32.5 Å². The van der Waals surface area contributed by atoms with Crippen LogP contribution in [0.3, 0.4) is 0 Å². The molecule has 130 valence electrons. The highest BCUT2D eigenvalue weighted by Crippen LogP contribution is 2.36. The number of hydrogen-bond acceptors (Lipinski definition) is 4. The van der Waals surface area contributed by atoms with E-state index in [-0.39, 0.29) is 0 Å². The molecule has 0 radical (unpaired) electrons. The smallest absolute Gasteiger partial charge is 0.153 e.